The molecule has 17 heavy (non-hydrogen) atoms. The summed E-state index contributed by atoms with van der Waals surface area (Å²) in [6.45, 7) is 1.87. The zero-order chi connectivity index (χ0) is 12.4. The van der Waals surface area contributed by atoms with Crippen LogP contribution in [0.15, 0.2) is 18.2 Å². The molecule has 5 heteroatoms. The predicted molar refractivity (Wildman–Crippen MR) is 69.7 cm³/mol. The number of anilines is 1. The quantitative estimate of drug-likeness (QED) is 0.857. The van der Waals surface area contributed by atoms with E-state index in [9.17, 15) is 4.79 Å². The molecule has 2 rings (SSSR count). The van der Waals surface area contributed by atoms with Gasteiger partial charge in [-0.2, -0.15) is 0 Å². The van der Waals surface area contributed by atoms with Crippen molar-refractivity contribution in [2.45, 2.75) is 6.04 Å². The molecule has 0 aliphatic carbocycles. The Morgan fingerprint density at radius 1 is 1.47 bits per heavy atom. The van der Waals surface area contributed by atoms with Crippen LogP contribution in [-0.4, -0.2) is 44.0 Å². The van der Waals surface area contributed by atoms with Crippen LogP contribution in [0, 0.1) is 0 Å². The summed E-state index contributed by atoms with van der Waals surface area (Å²) in [7, 11) is 3.47. The Labute approximate surface area is 106 Å². The van der Waals surface area contributed by atoms with Gasteiger partial charge in [0.25, 0.3) is 5.91 Å². The maximum Gasteiger partial charge on any atom is 0.253 e. The van der Waals surface area contributed by atoms with E-state index < -0.39 is 0 Å². The van der Waals surface area contributed by atoms with Gasteiger partial charge in [0.2, 0.25) is 0 Å². The molecule has 4 nitrogen and oxygen atoms in total. The molecule has 0 spiro atoms. The second kappa shape index (κ2) is 4.94. The number of carbonyl (C=O) groups is 1. The lowest BCUT2D eigenvalue weighted by Crippen LogP contribution is -2.51. The molecule has 0 atom stereocenters. The van der Waals surface area contributed by atoms with Crippen molar-refractivity contribution in [2.24, 2.45) is 0 Å². The maximum absolute atomic E-state index is 11.8. The number of nitrogens with one attached hydrogen (secondary N) is 2. The topological polar surface area (TPSA) is 44.4 Å². The van der Waals surface area contributed by atoms with Crippen LogP contribution in [0.2, 0.25) is 5.02 Å². The van der Waals surface area contributed by atoms with Crippen molar-refractivity contribution in [3.63, 3.8) is 0 Å². The van der Waals surface area contributed by atoms with E-state index in [4.69, 9.17) is 11.6 Å². The summed E-state index contributed by atoms with van der Waals surface area (Å²) in [6.07, 6.45) is 0. The highest BCUT2D eigenvalue weighted by Gasteiger charge is 2.18. The molecule has 0 saturated carbocycles. The second-order valence-electron chi connectivity index (χ2n) is 4.39. The molecular formula is C12H16ClN3O. The molecule has 1 aromatic rings. The van der Waals surface area contributed by atoms with Gasteiger partial charge in [0.15, 0.2) is 0 Å². The number of benzene rings is 1. The Morgan fingerprint density at radius 3 is 2.71 bits per heavy atom. The third-order valence-electron chi connectivity index (χ3n) is 2.76. The minimum Gasteiger partial charge on any atom is -0.379 e. The molecular weight excluding hydrogens is 238 g/mol. The van der Waals surface area contributed by atoms with E-state index >= 15 is 0 Å². The van der Waals surface area contributed by atoms with Gasteiger partial charge in [0, 0.05) is 32.7 Å². The standard InChI is InChI=1S/C12H16ClN3O/c1-16(2)12(17)8-3-4-10(13)11(5-8)15-9-6-14-7-9/h3-5,9,14-15H,6-7H2,1-2H3. The van der Waals surface area contributed by atoms with E-state index in [1.807, 2.05) is 6.07 Å². The van der Waals surface area contributed by atoms with E-state index in [-0.39, 0.29) is 5.91 Å². The summed E-state index contributed by atoms with van der Waals surface area (Å²) in [4.78, 5) is 13.4. The first-order valence-electron chi connectivity index (χ1n) is 5.56. The van der Waals surface area contributed by atoms with Gasteiger partial charge >= 0.3 is 0 Å². The molecule has 1 aromatic carbocycles. The van der Waals surface area contributed by atoms with Crippen LogP contribution in [0.5, 0.6) is 0 Å². The van der Waals surface area contributed by atoms with E-state index in [1.165, 1.54) is 0 Å². The first-order chi connectivity index (χ1) is 8.08. The van der Waals surface area contributed by atoms with Crippen LogP contribution in [0.4, 0.5) is 5.69 Å². The van der Waals surface area contributed by atoms with Crippen LogP contribution in [0.1, 0.15) is 10.4 Å². The van der Waals surface area contributed by atoms with Gasteiger partial charge in [-0.1, -0.05) is 11.6 Å². The van der Waals surface area contributed by atoms with E-state index in [0.717, 1.165) is 18.8 Å². The molecule has 1 aliphatic heterocycles. The number of hydrogen-bond acceptors (Lipinski definition) is 3. The third-order valence-corrected chi connectivity index (χ3v) is 3.09. The van der Waals surface area contributed by atoms with Gasteiger partial charge in [-0.15, -0.1) is 0 Å². The lowest BCUT2D eigenvalue weighted by atomic mass is 10.1. The lowest BCUT2D eigenvalue weighted by molar-refractivity contribution is 0.0827. The fourth-order valence-corrected chi connectivity index (χ4v) is 1.81. The fraction of sp³-hybridized carbons (Fsp3) is 0.417. The van der Waals surface area contributed by atoms with E-state index in [1.54, 1.807) is 31.1 Å². The van der Waals surface area contributed by atoms with Crippen molar-refractivity contribution in [1.82, 2.24) is 10.2 Å². The average molecular weight is 254 g/mol. The monoisotopic (exact) mass is 253 g/mol. The van der Waals surface area contributed by atoms with E-state index in [2.05, 4.69) is 10.6 Å². The number of amides is 1. The van der Waals surface area contributed by atoms with Crippen molar-refractivity contribution in [2.75, 3.05) is 32.5 Å². The molecule has 1 saturated heterocycles. The van der Waals surface area contributed by atoms with Crippen molar-refractivity contribution in [1.29, 1.82) is 0 Å². The van der Waals surface area contributed by atoms with Gasteiger partial charge in [-0.3, -0.25) is 4.79 Å². The summed E-state index contributed by atoms with van der Waals surface area (Å²) in [5.74, 6) is -0.0172. The zero-order valence-electron chi connectivity index (χ0n) is 9.96. The highest BCUT2D eigenvalue weighted by molar-refractivity contribution is 6.33. The van der Waals surface area contributed by atoms with Crippen molar-refractivity contribution in [3.8, 4) is 0 Å². The Bertz CT molecular complexity index is 430. The maximum atomic E-state index is 11.8. The molecule has 0 aromatic heterocycles. The first-order valence-corrected chi connectivity index (χ1v) is 5.94. The molecule has 1 amide bonds. The SMILES string of the molecule is CN(C)C(=O)c1ccc(Cl)c(NC2CNC2)c1. The average Bonchev–Trinajstić information content (AvgIpc) is 2.24. The summed E-state index contributed by atoms with van der Waals surface area (Å²) in [6, 6.07) is 5.71. The minimum atomic E-state index is -0.0172. The Balaban J connectivity index is 2.19. The third kappa shape index (κ3) is 2.70. The molecule has 1 aliphatic rings. The highest BCUT2D eigenvalue weighted by Crippen LogP contribution is 2.24. The van der Waals surface area contributed by atoms with Crippen LogP contribution < -0.4 is 10.6 Å². The number of nitrogens with zero attached hydrogens (tertiary/aromatic N) is 1. The predicted octanol–water partition coefficient (Wildman–Crippen LogP) is 1.43. The molecule has 1 heterocycles. The van der Waals surface area contributed by atoms with Crippen molar-refractivity contribution < 1.29 is 4.79 Å². The second-order valence-corrected chi connectivity index (χ2v) is 4.80. The van der Waals surface area contributed by atoms with Gasteiger partial charge in [-0.25, -0.2) is 0 Å². The molecule has 0 unspecified atom stereocenters. The van der Waals surface area contributed by atoms with Crippen molar-refractivity contribution >= 4 is 23.2 Å². The van der Waals surface area contributed by atoms with Crippen LogP contribution >= 0.6 is 11.6 Å². The summed E-state index contributed by atoms with van der Waals surface area (Å²) in [5.41, 5.74) is 1.47. The van der Waals surface area contributed by atoms with Crippen LogP contribution in [0.3, 0.4) is 0 Å². The minimum absolute atomic E-state index is 0.0172. The summed E-state index contributed by atoms with van der Waals surface area (Å²) >= 11 is 6.10. The number of hydrogen-bond donors (Lipinski definition) is 2. The Morgan fingerprint density at radius 2 is 2.18 bits per heavy atom. The Kier molecular flexibility index (Phi) is 3.54. The fourth-order valence-electron chi connectivity index (χ4n) is 1.64. The zero-order valence-corrected chi connectivity index (χ0v) is 10.7. The van der Waals surface area contributed by atoms with E-state index in [0.29, 0.717) is 16.6 Å². The smallest absolute Gasteiger partial charge is 0.253 e. The van der Waals surface area contributed by atoms with Gasteiger partial charge in [0.05, 0.1) is 16.8 Å². The number of carbonyl (C=O) groups excluding carboxylic acids is 1. The summed E-state index contributed by atoms with van der Waals surface area (Å²) in [5, 5.41) is 7.14. The molecule has 0 radical (unpaired) electrons. The van der Waals surface area contributed by atoms with Gasteiger partial charge < -0.3 is 15.5 Å². The Hall–Kier alpha value is -1.26. The first kappa shape index (κ1) is 12.2. The number of halogens is 1. The molecule has 92 valence electrons. The van der Waals surface area contributed by atoms with Crippen LogP contribution in [0.25, 0.3) is 0 Å². The van der Waals surface area contributed by atoms with Crippen molar-refractivity contribution in [3.05, 3.63) is 28.8 Å². The molecule has 1 fully saturated rings. The normalized spacial score (nSPS) is 15.2. The lowest BCUT2D eigenvalue weighted by Gasteiger charge is -2.29. The largest absolute Gasteiger partial charge is 0.379 e. The molecule has 2 N–H and O–H groups in total. The highest BCUT2D eigenvalue weighted by atomic mass is 35.5. The van der Waals surface area contributed by atoms with Gasteiger partial charge in [0.1, 0.15) is 0 Å². The van der Waals surface area contributed by atoms with Gasteiger partial charge in [-0.05, 0) is 18.2 Å². The van der Waals surface area contributed by atoms with Crippen LogP contribution in [-0.2, 0) is 0 Å². The molecule has 0 bridgehead atoms. The summed E-state index contributed by atoms with van der Waals surface area (Å²) < 4.78 is 0. The number of rotatable bonds is 3.